The van der Waals surface area contributed by atoms with Crippen LogP contribution in [0.15, 0.2) is 24.3 Å². The number of aliphatic carboxylic acids is 1. The molecule has 0 aliphatic heterocycles. The van der Waals surface area contributed by atoms with Crippen LogP contribution in [0.4, 0.5) is 4.39 Å². The van der Waals surface area contributed by atoms with Crippen LogP contribution in [-0.2, 0) is 9.53 Å². The summed E-state index contributed by atoms with van der Waals surface area (Å²) in [6, 6.07) is 5.06. The maximum Gasteiger partial charge on any atom is 0.306 e. The lowest BCUT2D eigenvalue weighted by Gasteiger charge is -2.13. The molecule has 0 spiro atoms. The van der Waals surface area contributed by atoms with Crippen molar-refractivity contribution in [2.24, 2.45) is 0 Å². The minimum absolute atomic E-state index is 0.0824. The van der Waals surface area contributed by atoms with Gasteiger partial charge in [0.15, 0.2) is 0 Å². The van der Waals surface area contributed by atoms with Crippen molar-refractivity contribution in [3.05, 3.63) is 35.6 Å². The molecule has 0 bridgehead atoms. The minimum atomic E-state index is -1.00. The van der Waals surface area contributed by atoms with E-state index < -0.39 is 23.8 Å². The smallest absolute Gasteiger partial charge is 0.306 e. The number of amides is 1. The Labute approximate surface area is 104 Å². The van der Waals surface area contributed by atoms with Gasteiger partial charge in [0, 0.05) is 19.2 Å². The molecule has 0 aromatic heterocycles. The first-order valence-electron chi connectivity index (χ1n) is 5.31. The van der Waals surface area contributed by atoms with Crippen LogP contribution in [0.5, 0.6) is 0 Å². The van der Waals surface area contributed by atoms with Crippen molar-refractivity contribution >= 4 is 11.9 Å². The van der Waals surface area contributed by atoms with Crippen molar-refractivity contribution in [3.8, 4) is 0 Å². The first kappa shape index (κ1) is 14.1. The highest BCUT2D eigenvalue weighted by atomic mass is 19.1. The predicted molar refractivity (Wildman–Crippen MR) is 61.8 cm³/mol. The van der Waals surface area contributed by atoms with Gasteiger partial charge in [-0.25, -0.2) is 4.39 Å². The second-order valence-electron chi connectivity index (χ2n) is 3.67. The lowest BCUT2D eigenvalue weighted by molar-refractivity contribution is -0.139. The molecule has 0 saturated carbocycles. The van der Waals surface area contributed by atoms with Gasteiger partial charge < -0.3 is 15.2 Å². The van der Waals surface area contributed by atoms with Crippen LogP contribution < -0.4 is 5.32 Å². The van der Waals surface area contributed by atoms with Gasteiger partial charge >= 0.3 is 5.97 Å². The van der Waals surface area contributed by atoms with Crippen molar-refractivity contribution < 1.29 is 23.8 Å². The number of benzene rings is 1. The SMILES string of the molecule is COC(CNC(=O)c1ccc(F)cc1)CC(=O)O. The minimum Gasteiger partial charge on any atom is -0.481 e. The quantitative estimate of drug-likeness (QED) is 0.796. The first-order chi connectivity index (χ1) is 8.52. The molecule has 0 aliphatic rings. The number of ether oxygens (including phenoxy) is 1. The summed E-state index contributed by atoms with van der Waals surface area (Å²) in [6.45, 7) is 0.0824. The average molecular weight is 255 g/mol. The summed E-state index contributed by atoms with van der Waals surface area (Å²) in [5.74, 6) is -1.83. The van der Waals surface area contributed by atoms with E-state index in [1.165, 1.54) is 31.4 Å². The second kappa shape index (κ2) is 6.70. The van der Waals surface area contributed by atoms with E-state index in [0.29, 0.717) is 5.56 Å². The molecule has 1 rings (SSSR count). The van der Waals surface area contributed by atoms with Gasteiger partial charge in [0.05, 0.1) is 12.5 Å². The van der Waals surface area contributed by atoms with Crippen molar-refractivity contribution in [3.63, 3.8) is 0 Å². The summed E-state index contributed by atoms with van der Waals surface area (Å²) in [4.78, 5) is 22.1. The number of halogens is 1. The maximum absolute atomic E-state index is 12.6. The molecular weight excluding hydrogens is 241 g/mol. The Morgan fingerprint density at radius 1 is 1.39 bits per heavy atom. The van der Waals surface area contributed by atoms with Crippen LogP contribution in [0.25, 0.3) is 0 Å². The molecule has 98 valence electrons. The van der Waals surface area contributed by atoms with Gasteiger partial charge in [-0.2, -0.15) is 0 Å². The second-order valence-corrected chi connectivity index (χ2v) is 3.67. The van der Waals surface area contributed by atoms with Crippen LogP contribution in [0, 0.1) is 5.82 Å². The van der Waals surface area contributed by atoms with Gasteiger partial charge in [0.1, 0.15) is 5.82 Å². The van der Waals surface area contributed by atoms with E-state index in [2.05, 4.69) is 5.32 Å². The van der Waals surface area contributed by atoms with Crippen molar-refractivity contribution in [1.82, 2.24) is 5.32 Å². The fraction of sp³-hybridized carbons (Fsp3) is 0.333. The summed E-state index contributed by atoms with van der Waals surface area (Å²) in [6.07, 6.45) is -0.785. The molecule has 5 nitrogen and oxygen atoms in total. The van der Waals surface area contributed by atoms with Crippen LogP contribution in [0.1, 0.15) is 16.8 Å². The zero-order chi connectivity index (χ0) is 13.5. The van der Waals surface area contributed by atoms with Crippen LogP contribution in [-0.4, -0.2) is 36.7 Å². The number of carboxylic acids is 1. The third-order valence-corrected chi connectivity index (χ3v) is 2.33. The van der Waals surface area contributed by atoms with E-state index in [-0.39, 0.29) is 13.0 Å². The monoisotopic (exact) mass is 255 g/mol. The summed E-state index contributed by atoms with van der Waals surface area (Å²) in [5, 5.41) is 11.1. The highest BCUT2D eigenvalue weighted by Gasteiger charge is 2.14. The molecular formula is C12H14FNO4. The molecule has 6 heteroatoms. The normalized spacial score (nSPS) is 11.9. The standard InChI is InChI=1S/C12H14FNO4/c1-18-10(6-11(15)16)7-14-12(17)8-2-4-9(13)5-3-8/h2-5,10H,6-7H2,1H3,(H,14,17)(H,15,16). The molecule has 0 heterocycles. The molecule has 0 aliphatic carbocycles. The zero-order valence-electron chi connectivity index (χ0n) is 9.85. The highest BCUT2D eigenvalue weighted by molar-refractivity contribution is 5.94. The predicted octanol–water partition coefficient (Wildman–Crippen LogP) is 1.05. The third-order valence-electron chi connectivity index (χ3n) is 2.33. The lowest BCUT2D eigenvalue weighted by atomic mass is 10.2. The first-order valence-corrected chi connectivity index (χ1v) is 5.31. The number of carboxylic acid groups (broad SMARTS) is 1. The summed E-state index contributed by atoms with van der Waals surface area (Å²) in [5.41, 5.74) is 0.307. The van der Waals surface area contributed by atoms with E-state index in [1.54, 1.807) is 0 Å². The Morgan fingerprint density at radius 2 is 2.00 bits per heavy atom. The van der Waals surface area contributed by atoms with Crippen LogP contribution in [0.3, 0.4) is 0 Å². The summed E-state index contributed by atoms with van der Waals surface area (Å²) >= 11 is 0. The number of hydrogen-bond donors (Lipinski definition) is 2. The Balaban J connectivity index is 2.49. The van der Waals surface area contributed by atoms with E-state index >= 15 is 0 Å². The van der Waals surface area contributed by atoms with E-state index in [1.807, 2.05) is 0 Å². The van der Waals surface area contributed by atoms with Gasteiger partial charge in [-0.05, 0) is 24.3 Å². The fourth-order valence-electron chi connectivity index (χ4n) is 1.34. The van der Waals surface area contributed by atoms with Gasteiger partial charge in [0.25, 0.3) is 5.91 Å². The molecule has 1 unspecified atom stereocenters. The molecule has 18 heavy (non-hydrogen) atoms. The topological polar surface area (TPSA) is 75.6 Å². The van der Waals surface area contributed by atoms with Crippen molar-refractivity contribution in [2.45, 2.75) is 12.5 Å². The highest BCUT2D eigenvalue weighted by Crippen LogP contribution is 2.03. The van der Waals surface area contributed by atoms with E-state index in [4.69, 9.17) is 9.84 Å². The Hall–Kier alpha value is -1.95. The number of methoxy groups -OCH3 is 1. The molecule has 2 N–H and O–H groups in total. The third kappa shape index (κ3) is 4.50. The van der Waals surface area contributed by atoms with E-state index in [0.717, 1.165) is 0 Å². The number of carbonyl (C=O) groups excluding carboxylic acids is 1. The van der Waals surface area contributed by atoms with Gasteiger partial charge in [-0.1, -0.05) is 0 Å². The van der Waals surface area contributed by atoms with Crippen molar-refractivity contribution in [1.29, 1.82) is 0 Å². The molecule has 1 aromatic rings. The number of carbonyl (C=O) groups is 2. The fourth-order valence-corrected chi connectivity index (χ4v) is 1.34. The number of hydrogen-bond acceptors (Lipinski definition) is 3. The lowest BCUT2D eigenvalue weighted by Crippen LogP contribution is -2.34. The van der Waals surface area contributed by atoms with Gasteiger partial charge in [0.2, 0.25) is 0 Å². The van der Waals surface area contributed by atoms with Gasteiger partial charge in [-0.15, -0.1) is 0 Å². The average Bonchev–Trinajstić information content (AvgIpc) is 2.34. The molecule has 1 amide bonds. The Morgan fingerprint density at radius 3 is 2.50 bits per heavy atom. The molecule has 0 saturated heterocycles. The molecule has 0 radical (unpaired) electrons. The Kier molecular flexibility index (Phi) is 5.26. The Bertz CT molecular complexity index is 419. The summed E-state index contributed by atoms with van der Waals surface area (Å²) in [7, 11) is 1.37. The maximum atomic E-state index is 12.6. The largest absolute Gasteiger partial charge is 0.481 e. The summed E-state index contributed by atoms with van der Waals surface area (Å²) < 4.78 is 17.6. The van der Waals surface area contributed by atoms with Gasteiger partial charge in [-0.3, -0.25) is 9.59 Å². The molecule has 1 aromatic carbocycles. The zero-order valence-corrected chi connectivity index (χ0v) is 9.85. The van der Waals surface area contributed by atoms with Crippen LogP contribution >= 0.6 is 0 Å². The van der Waals surface area contributed by atoms with Crippen LogP contribution in [0.2, 0.25) is 0 Å². The number of rotatable bonds is 6. The van der Waals surface area contributed by atoms with Crippen molar-refractivity contribution in [2.75, 3.05) is 13.7 Å². The molecule has 1 atom stereocenters. The molecule has 0 fully saturated rings. The van der Waals surface area contributed by atoms with E-state index in [9.17, 15) is 14.0 Å². The number of nitrogens with one attached hydrogen (secondary N) is 1.